The van der Waals surface area contributed by atoms with Crippen molar-refractivity contribution in [3.05, 3.63) is 47.8 Å². The Hall–Kier alpha value is -2.97. The molecule has 0 radical (unpaired) electrons. The fraction of sp³-hybridized carbons (Fsp3) is 0.350. The van der Waals surface area contributed by atoms with Crippen LogP contribution in [0.25, 0.3) is 0 Å². The number of alkyl halides is 3. The zero-order valence-corrected chi connectivity index (χ0v) is 15.6. The largest absolute Gasteiger partial charge is 0.464 e. The van der Waals surface area contributed by atoms with Crippen LogP contribution in [0.5, 0.6) is 11.5 Å². The van der Waals surface area contributed by atoms with Crippen molar-refractivity contribution in [3.8, 4) is 11.5 Å². The number of para-hydroxylation sites is 1. The van der Waals surface area contributed by atoms with Crippen LogP contribution in [0.2, 0.25) is 0 Å². The van der Waals surface area contributed by atoms with Crippen molar-refractivity contribution in [1.29, 1.82) is 0 Å². The lowest BCUT2D eigenvalue weighted by Crippen LogP contribution is -2.35. The smallest absolute Gasteiger partial charge is 0.422 e. The van der Waals surface area contributed by atoms with Gasteiger partial charge in [-0.3, -0.25) is 4.79 Å². The third-order valence-corrected chi connectivity index (χ3v) is 4.65. The van der Waals surface area contributed by atoms with Gasteiger partial charge in [-0.15, -0.1) is 0 Å². The minimum Gasteiger partial charge on any atom is -0.464 e. The number of nitrogens with zero attached hydrogens (tertiary/aromatic N) is 1. The van der Waals surface area contributed by atoms with E-state index in [1.54, 1.807) is 0 Å². The summed E-state index contributed by atoms with van der Waals surface area (Å²) in [6.07, 6.45) is -3.65. The summed E-state index contributed by atoms with van der Waals surface area (Å²) < 4.78 is 66.4. The number of carbonyl (C=O) groups is 1. The molecular weight excluding hydrogens is 392 g/mol. The molecule has 0 saturated carbocycles. The van der Waals surface area contributed by atoms with Gasteiger partial charge in [0.15, 0.2) is 11.6 Å². The lowest BCUT2D eigenvalue weighted by atomic mass is 10.1. The van der Waals surface area contributed by atoms with Crippen LogP contribution in [0.4, 0.5) is 28.9 Å². The highest BCUT2D eigenvalue weighted by atomic mass is 19.4. The third kappa shape index (κ3) is 4.55. The maximum absolute atomic E-state index is 14.0. The monoisotopic (exact) mass is 412 g/mol. The fourth-order valence-electron chi connectivity index (χ4n) is 3.42. The van der Waals surface area contributed by atoms with Crippen LogP contribution in [-0.2, 0) is 15.7 Å². The molecule has 1 aliphatic heterocycles. The summed E-state index contributed by atoms with van der Waals surface area (Å²) in [5, 5.41) is 0. The topological polar surface area (TPSA) is 64.8 Å². The first-order valence-corrected chi connectivity index (χ1v) is 9.00. The Morgan fingerprint density at radius 3 is 2.59 bits per heavy atom. The Kier molecular flexibility index (Phi) is 5.86. The summed E-state index contributed by atoms with van der Waals surface area (Å²) in [7, 11) is 0. The summed E-state index contributed by atoms with van der Waals surface area (Å²) in [6, 6.07) is 7.12. The molecule has 1 saturated heterocycles. The summed E-state index contributed by atoms with van der Waals surface area (Å²) >= 11 is 0. The molecule has 2 N–H and O–H groups in total. The van der Waals surface area contributed by atoms with Gasteiger partial charge in [0.05, 0.1) is 17.4 Å². The molecule has 1 aliphatic rings. The van der Waals surface area contributed by atoms with E-state index in [1.165, 1.54) is 36.1 Å². The first kappa shape index (κ1) is 20.8. The molecule has 1 fully saturated rings. The number of hydrogen-bond donors (Lipinski definition) is 1. The molecule has 0 aliphatic carbocycles. The fourth-order valence-corrected chi connectivity index (χ4v) is 3.42. The maximum atomic E-state index is 14.0. The van der Waals surface area contributed by atoms with Crippen molar-refractivity contribution in [2.45, 2.75) is 32.0 Å². The van der Waals surface area contributed by atoms with E-state index in [0.717, 1.165) is 12.1 Å². The van der Waals surface area contributed by atoms with Gasteiger partial charge in [0.25, 0.3) is 0 Å². The van der Waals surface area contributed by atoms with Crippen molar-refractivity contribution in [3.63, 3.8) is 0 Å². The molecule has 2 aromatic rings. The van der Waals surface area contributed by atoms with Crippen LogP contribution in [-0.4, -0.2) is 25.2 Å². The van der Waals surface area contributed by atoms with Gasteiger partial charge < -0.3 is 20.1 Å². The van der Waals surface area contributed by atoms with Crippen molar-refractivity contribution in [1.82, 2.24) is 0 Å². The lowest BCUT2D eigenvalue weighted by molar-refractivity contribution is -0.142. The molecule has 0 aromatic heterocycles. The van der Waals surface area contributed by atoms with E-state index < -0.39 is 35.3 Å². The third-order valence-electron chi connectivity index (χ3n) is 4.65. The molecule has 0 amide bonds. The second kappa shape index (κ2) is 8.18. The summed E-state index contributed by atoms with van der Waals surface area (Å²) in [5.41, 5.74) is 4.50. The first-order valence-electron chi connectivity index (χ1n) is 9.00. The highest BCUT2D eigenvalue weighted by molar-refractivity contribution is 5.77. The van der Waals surface area contributed by atoms with Crippen LogP contribution in [0.3, 0.4) is 0 Å². The molecule has 3 rings (SSSR count). The molecule has 5 nitrogen and oxygen atoms in total. The number of nitrogen functional groups attached to an aromatic ring is 1. The minimum absolute atomic E-state index is 0.0511. The van der Waals surface area contributed by atoms with Gasteiger partial charge in [-0.1, -0.05) is 12.1 Å². The summed E-state index contributed by atoms with van der Waals surface area (Å²) in [6.45, 7) is 1.49. The van der Waals surface area contributed by atoms with E-state index in [9.17, 15) is 22.4 Å². The standard InChI is InChI=1S/C20H20F4N2O3/c1-12(27)28-11-13-5-4-10-26(13)19-15(25)8-9-17(18(19)20(22,23)24)29-16-7-3-2-6-14(16)21/h2-3,6-9,13H,4-5,10-11,25H2,1H3/t13-/m1/s1. The van der Waals surface area contributed by atoms with Gasteiger partial charge in [0.2, 0.25) is 0 Å². The van der Waals surface area contributed by atoms with E-state index in [4.69, 9.17) is 15.2 Å². The molecule has 2 aromatic carbocycles. The predicted molar refractivity (Wildman–Crippen MR) is 99.3 cm³/mol. The Morgan fingerprint density at radius 1 is 1.21 bits per heavy atom. The van der Waals surface area contributed by atoms with Crippen LogP contribution in [0.1, 0.15) is 25.3 Å². The Bertz CT molecular complexity index is 902. The molecule has 9 heteroatoms. The number of esters is 1. The highest BCUT2D eigenvalue weighted by Crippen LogP contribution is 2.48. The van der Waals surface area contributed by atoms with Crippen molar-refractivity contribution in [2.24, 2.45) is 0 Å². The number of halogens is 4. The zero-order chi connectivity index (χ0) is 21.2. The van der Waals surface area contributed by atoms with Crippen LogP contribution < -0.4 is 15.4 Å². The van der Waals surface area contributed by atoms with E-state index in [0.29, 0.717) is 19.4 Å². The normalized spacial score (nSPS) is 16.7. The minimum atomic E-state index is -4.81. The van der Waals surface area contributed by atoms with Gasteiger partial charge in [-0.25, -0.2) is 4.39 Å². The van der Waals surface area contributed by atoms with Crippen LogP contribution in [0.15, 0.2) is 36.4 Å². The van der Waals surface area contributed by atoms with Gasteiger partial charge in [0, 0.05) is 13.5 Å². The molecule has 0 bridgehead atoms. The number of hydrogen-bond acceptors (Lipinski definition) is 5. The van der Waals surface area contributed by atoms with E-state index in [2.05, 4.69) is 0 Å². The summed E-state index contributed by atoms with van der Waals surface area (Å²) in [4.78, 5) is 12.6. The van der Waals surface area contributed by atoms with Crippen molar-refractivity contribution >= 4 is 17.3 Å². The SMILES string of the molecule is CC(=O)OC[C@H]1CCCN1c1c(N)ccc(Oc2ccccc2F)c1C(F)(F)F. The Labute approximate surface area is 165 Å². The predicted octanol–water partition coefficient (Wildman–Crippen LogP) is 4.75. The highest BCUT2D eigenvalue weighted by Gasteiger charge is 2.42. The van der Waals surface area contributed by atoms with Crippen LogP contribution in [0, 0.1) is 5.82 Å². The number of benzene rings is 2. The molecular formula is C20H20F4N2O3. The van der Waals surface area contributed by atoms with Gasteiger partial charge >= 0.3 is 12.1 Å². The number of carbonyl (C=O) groups excluding carboxylic acids is 1. The van der Waals surface area contributed by atoms with Crippen LogP contribution >= 0.6 is 0 Å². The van der Waals surface area contributed by atoms with Gasteiger partial charge in [0.1, 0.15) is 17.9 Å². The summed E-state index contributed by atoms with van der Waals surface area (Å²) in [5.74, 6) is -2.18. The van der Waals surface area contributed by atoms with E-state index in [-0.39, 0.29) is 23.7 Å². The average Bonchev–Trinajstić information content (AvgIpc) is 3.10. The number of ether oxygens (including phenoxy) is 2. The van der Waals surface area contributed by atoms with Crippen molar-refractivity contribution in [2.75, 3.05) is 23.8 Å². The molecule has 1 heterocycles. The average molecular weight is 412 g/mol. The van der Waals surface area contributed by atoms with Gasteiger partial charge in [-0.2, -0.15) is 13.2 Å². The lowest BCUT2D eigenvalue weighted by Gasteiger charge is -2.31. The van der Waals surface area contributed by atoms with E-state index >= 15 is 0 Å². The Balaban J connectivity index is 2.06. The molecule has 29 heavy (non-hydrogen) atoms. The molecule has 0 spiro atoms. The molecule has 156 valence electrons. The maximum Gasteiger partial charge on any atom is 0.422 e. The second-order valence-electron chi connectivity index (χ2n) is 6.70. The molecule has 0 unspecified atom stereocenters. The first-order chi connectivity index (χ1) is 13.7. The number of rotatable bonds is 5. The zero-order valence-electron chi connectivity index (χ0n) is 15.6. The van der Waals surface area contributed by atoms with Crippen molar-refractivity contribution < 1.29 is 31.8 Å². The number of anilines is 2. The molecule has 1 atom stereocenters. The second-order valence-corrected chi connectivity index (χ2v) is 6.70. The Morgan fingerprint density at radius 2 is 1.93 bits per heavy atom. The quantitative estimate of drug-likeness (QED) is 0.436. The number of nitrogens with two attached hydrogens (primary N) is 1. The van der Waals surface area contributed by atoms with E-state index in [1.807, 2.05) is 0 Å². The van der Waals surface area contributed by atoms with Gasteiger partial charge in [-0.05, 0) is 37.1 Å².